The number of aromatic nitrogens is 3. The van der Waals surface area contributed by atoms with Crippen LogP contribution in [0.5, 0.6) is 5.75 Å². The van der Waals surface area contributed by atoms with Crippen molar-refractivity contribution in [1.82, 2.24) is 19.4 Å². The molecule has 0 aliphatic carbocycles. The Morgan fingerprint density at radius 2 is 1.53 bits per heavy atom. The molecule has 2 N–H and O–H groups in total. The quantitative estimate of drug-likeness (QED) is 0.247. The minimum atomic E-state index is 0.477. The number of imidazole rings is 1. The Morgan fingerprint density at radius 3 is 2.21 bits per heavy atom. The van der Waals surface area contributed by atoms with E-state index in [1.54, 1.807) is 18.9 Å². The van der Waals surface area contributed by atoms with E-state index in [0.717, 1.165) is 57.9 Å². The van der Waals surface area contributed by atoms with E-state index in [4.69, 9.17) is 20.4 Å². The molecule has 1 fully saturated rings. The van der Waals surface area contributed by atoms with Crippen molar-refractivity contribution >= 4 is 39.5 Å². The Labute approximate surface area is 227 Å². The van der Waals surface area contributed by atoms with Gasteiger partial charge in [0.2, 0.25) is 0 Å². The lowest BCUT2D eigenvalue weighted by molar-refractivity contribution is 0.331. The molecule has 0 bridgehead atoms. The number of fused-ring (bicyclic) bond motifs is 3. The first kappa shape index (κ1) is 24.8. The van der Waals surface area contributed by atoms with Gasteiger partial charge in [-0.25, -0.2) is 9.97 Å². The number of nitrogen functional groups attached to an aromatic ring is 1. The van der Waals surface area contributed by atoms with Crippen LogP contribution in [0.3, 0.4) is 0 Å². The van der Waals surface area contributed by atoms with Crippen LogP contribution < -0.4 is 10.5 Å². The molecular formula is C31H33N5OS. The molecule has 3 heterocycles. The van der Waals surface area contributed by atoms with Gasteiger partial charge in [-0.2, -0.15) is 0 Å². The molecule has 0 radical (unpaired) electrons. The van der Waals surface area contributed by atoms with Crippen LogP contribution in [0.15, 0.2) is 71.9 Å². The number of hydrogen-bond donors (Lipinski definition) is 1. The van der Waals surface area contributed by atoms with Crippen LogP contribution in [0.4, 0.5) is 5.82 Å². The van der Waals surface area contributed by atoms with Gasteiger partial charge in [0.25, 0.3) is 0 Å². The Bertz CT molecular complexity index is 1570. The first-order valence-electron chi connectivity index (χ1n) is 13.2. The summed E-state index contributed by atoms with van der Waals surface area (Å²) >= 11 is 1.64. The number of benzene rings is 3. The fourth-order valence-electron chi connectivity index (χ4n) is 5.51. The number of anilines is 1. The molecule has 6 nitrogen and oxygen atoms in total. The molecule has 0 spiro atoms. The molecule has 38 heavy (non-hydrogen) atoms. The molecule has 1 aliphatic rings. The lowest BCUT2D eigenvalue weighted by Crippen LogP contribution is -2.18. The number of hydrogen-bond acceptors (Lipinski definition) is 6. The molecule has 2 aromatic heterocycles. The van der Waals surface area contributed by atoms with Crippen LogP contribution >= 0.6 is 11.8 Å². The molecule has 6 rings (SSSR count). The fourth-order valence-corrected chi connectivity index (χ4v) is 6.07. The maximum atomic E-state index is 6.53. The minimum absolute atomic E-state index is 0.477. The van der Waals surface area contributed by atoms with E-state index in [1.807, 2.05) is 12.1 Å². The van der Waals surface area contributed by atoms with Crippen molar-refractivity contribution < 1.29 is 4.74 Å². The van der Waals surface area contributed by atoms with Gasteiger partial charge in [-0.3, -0.25) is 4.90 Å². The van der Waals surface area contributed by atoms with Gasteiger partial charge in [0.1, 0.15) is 11.3 Å². The number of thioether (sulfide) groups is 1. The van der Waals surface area contributed by atoms with Crippen molar-refractivity contribution in [3.05, 3.63) is 89.0 Å². The largest absolute Gasteiger partial charge is 0.497 e. The molecule has 194 valence electrons. The van der Waals surface area contributed by atoms with Crippen LogP contribution in [0.2, 0.25) is 0 Å². The second-order valence-corrected chi connectivity index (χ2v) is 10.8. The lowest BCUT2D eigenvalue weighted by Gasteiger charge is -2.15. The predicted molar refractivity (Wildman–Crippen MR) is 157 cm³/mol. The van der Waals surface area contributed by atoms with E-state index in [1.165, 1.54) is 42.6 Å². The molecule has 1 aliphatic heterocycles. The zero-order valence-corrected chi connectivity index (χ0v) is 22.8. The van der Waals surface area contributed by atoms with Gasteiger partial charge in [0.05, 0.1) is 24.7 Å². The number of pyridine rings is 1. The topological polar surface area (TPSA) is 69.2 Å². The van der Waals surface area contributed by atoms with Gasteiger partial charge in [-0.05, 0) is 73.0 Å². The van der Waals surface area contributed by atoms with Crippen LogP contribution in [0.1, 0.15) is 35.1 Å². The average Bonchev–Trinajstić information content (AvgIpc) is 3.59. The normalized spacial score (nSPS) is 14.1. The number of nitrogens with two attached hydrogens (primary N) is 1. The number of rotatable bonds is 8. The van der Waals surface area contributed by atoms with Crippen LogP contribution in [-0.2, 0) is 19.5 Å². The highest BCUT2D eigenvalue weighted by molar-refractivity contribution is 7.98. The van der Waals surface area contributed by atoms with E-state index in [9.17, 15) is 0 Å². The maximum Gasteiger partial charge on any atom is 0.169 e. The fraction of sp³-hybridized carbons (Fsp3) is 0.290. The molecule has 0 unspecified atom stereocenters. The molecule has 0 amide bonds. The van der Waals surface area contributed by atoms with Gasteiger partial charge in [-0.1, -0.05) is 66.4 Å². The van der Waals surface area contributed by atoms with Gasteiger partial charge in [-0.15, -0.1) is 0 Å². The number of methoxy groups -OCH3 is 1. The number of para-hydroxylation sites is 1. The summed E-state index contributed by atoms with van der Waals surface area (Å²) in [5, 5.41) is 2.03. The molecule has 1 saturated heterocycles. The summed E-state index contributed by atoms with van der Waals surface area (Å²) in [7, 11) is 1.69. The zero-order chi connectivity index (χ0) is 26.1. The molecule has 7 heteroatoms. The summed E-state index contributed by atoms with van der Waals surface area (Å²) in [5.41, 5.74) is 14.3. The number of nitrogens with zero attached hydrogens (tertiary/aromatic N) is 4. The third kappa shape index (κ3) is 4.84. The van der Waals surface area contributed by atoms with Crippen LogP contribution in [-0.4, -0.2) is 45.9 Å². The van der Waals surface area contributed by atoms with E-state index < -0.39 is 0 Å². The summed E-state index contributed by atoms with van der Waals surface area (Å²) in [6, 6.07) is 23.6. The van der Waals surface area contributed by atoms with Gasteiger partial charge in [0.15, 0.2) is 11.0 Å². The first-order valence-corrected chi connectivity index (χ1v) is 14.4. The van der Waals surface area contributed by atoms with Crippen molar-refractivity contribution in [1.29, 1.82) is 0 Å². The second-order valence-electron chi connectivity index (χ2n) is 10.0. The molecular weight excluding hydrogens is 490 g/mol. The van der Waals surface area contributed by atoms with Crippen molar-refractivity contribution in [2.45, 2.75) is 37.5 Å². The van der Waals surface area contributed by atoms with E-state index in [0.29, 0.717) is 5.82 Å². The molecule has 0 saturated carbocycles. The van der Waals surface area contributed by atoms with E-state index >= 15 is 0 Å². The Balaban J connectivity index is 1.38. The molecule has 0 atom stereocenters. The maximum absolute atomic E-state index is 6.53. The molecule has 5 aromatic rings. The highest BCUT2D eigenvalue weighted by Gasteiger charge is 2.19. The third-order valence-electron chi connectivity index (χ3n) is 7.49. The van der Waals surface area contributed by atoms with Crippen molar-refractivity contribution in [2.75, 3.05) is 32.2 Å². The van der Waals surface area contributed by atoms with Crippen molar-refractivity contribution in [3.63, 3.8) is 0 Å². The average molecular weight is 524 g/mol. The summed E-state index contributed by atoms with van der Waals surface area (Å²) in [5.74, 6) is 1.33. The predicted octanol–water partition coefficient (Wildman–Crippen LogP) is 6.13. The lowest BCUT2D eigenvalue weighted by atomic mass is 10.0. The molecule has 3 aromatic carbocycles. The summed E-state index contributed by atoms with van der Waals surface area (Å²) < 4.78 is 7.62. The van der Waals surface area contributed by atoms with Gasteiger partial charge in [0, 0.05) is 11.9 Å². The Kier molecular flexibility index (Phi) is 6.96. The van der Waals surface area contributed by atoms with Gasteiger partial charge >= 0.3 is 0 Å². The van der Waals surface area contributed by atoms with Crippen molar-refractivity contribution in [2.24, 2.45) is 0 Å². The SMILES string of the molecule is COc1ccc(Cc2cccc3c2nc(N)c2nc(SC)n(Cc4ccc(CN5CCCC5)cc4)c23)cc1. The zero-order valence-electron chi connectivity index (χ0n) is 22.0. The summed E-state index contributed by atoms with van der Waals surface area (Å²) in [6.45, 7) is 4.19. The standard InChI is InChI=1S/C31H33N5OS/c1-37-25-14-12-21(13-15-25)18-24-6-5-7-26-27(24)33-30(32)28-29(26)36(31(34-28)38-2)20-23-10-8-22(9-11-23)19-35-16-3-4-17-35/h5-15H,3-4,16-20H2,1-2H3,(H2,32,33). The smallest absolute Gasteiger partial charge is 0.169 e. The van der Waals surface area contributed by atoms with Crippen LogP contribution in [0.25, 0.3) is 21.9 Å². The number of likely N-dealkylation sites (tertiary alicyclic amines) is 1. The Hall–Kier alpha value is -3.55. The van der Waals surface area contributed by atoms with Crippen molar-refractivity contribution in [3.8, 4) is 5.75 Å². The van der Waals surface area contributed by atoms with Gasteiger partial charge < -0.3 is 15.0 Å². The van der Waals surface area contributed by atoms with E-state index in [2.05, 4.69) is 70.3 Å². The number of ether oxygens (including phenoxy) is 1. The van der Waals surface area contributed by atoms with E-state index in [-0.39, 0.29) is 0 Å². The summed E-state index contributed by atoms with van der Waals surface area (Å²) in [4.78, 5) is 12.3. The monoisotopic (exact) mass is 523 g/mol. The van der Waals surface area contributed by atoms with Crippen LogP contribution in [0, 0.1) is 0 Å². The highest BCUT2D eigenvalue weighted by atomic mass is 32.2. The third-order valence-corrected chi connectivity index (χ3v) is 8.16. The summed E-state index contributed by atoms with van der Waals surface area (Å²) in [6.07, 6.45) is 5.47. The Morgan fingerprint density at radius 1 is 0.842 bits per heavy atom. The first-order chi connectivity index (χ1) is 18.6. The highest BCUT2D eigenvalue weighted by Crippen LogP contribution is 2.34. The minimum Gasteiger partial charge on any atom is -0.497 e. The second kappa shape index (κ2) is 10.7.